The van der Waals surface area contributed by atoms with Gasteiger partial charge >= 0.3 is 12.2 Å². The van der Waals surface area contributed by atoms with E-state index in [1.807, 2.05) is 0 Å². The molecule has 0 bridgehead atoms. The molecule has 110 valence electrons. The highest BCUT2D eigenvalue weighted by Gasteiger charge is 2.33. The van der Waals surface area contributed by atoms with Crippen LogP contribution in [-0.4, -0.2) is 6.03 Å². The first-order valence-electron chi connectivity index (χ1n) is 6.18. The van der Waals surface area contributed by atoms with Gasteiger partial charge in [0.1, 0.15) is 0 Å². The molecule has 21 heavy (non-hydrogen) atoms. The van der Waals surface area contributed by atoms with Crippen molar-refractivity contribution in [3.63, 3.8) is 0 Å². The number of benzene rings is 2. The molecule has 0 saturated heterocycles. The van der Waals surface area contributed by atoms with E-state index in [0.29, 0.717) is 5.69 Å². The molecular formula is C15H13F3N2O. The Bertz CT molecular complexity index is 653. The van der Waals surface area contributed by atoms with Gasteiger partial charge in [-0.2, -0.15) is 13.2 Å². The molecule has 6 heteroatoms. The number of carbonyl (C=O) groups is 1. The maximum atomic E-state index is 12.8. The first-order valence-corrected chi connectivity index (χ1v) is 6.18. The van der Waals surface area contributed by atoms with Crippen molar-refractivity contribution in [1.82, 2.24) is 0 Å². The lowest BCUT2D eigenvalue weighted by atomic mass is 10.1. The van der Waals surface area contributed by atoms with E-state index in [9.17, 15) is 18.0 Å². The molecule has 2 amide bonds. The molecule has 0 aromatic heterocycles. The number of para-hydroxylation sites is 2. The number of hydrogen-bond acceptors (Lipinski definition) is 1. The summed E-state index contributed by atoms with van der Waals surface area (Å²) in [4.78, 5) is 11.8. The van der Waals surface area contributed by atoms with Crippen molar-refractivity contribution in [2.75, 3.05) is 10.6 Å². The Morgan fingerprint density at radius 3 is 2.05 bits per heavy atom. The number of alkyl halides is 3. The number of hydrogen-bond donors (Lipinski definition) is 2. The summed E-state index contributed by atoms with van der Waals surface area (Å²) in [5.41, 5.74) is 0.192. The third kappa shape index (κ3) is 3.75. The van der Waals surface area contributed by atoms with Gasteiger partial charge in [0.15, 0.2) is 0 Å². The van der Waals surface area contributed by atoms with E-state index >= 15 is 0 Å². The average molecular weight is 294 g/mol. The fourth-order valence-corrected chi connectivity index (χ4v) is 1.83. The SMILES string of the molecule is Cc1ccccc1NC(=O)Nc1ccccc1C(F)(F)F. The van der Waals surface area contributed by atoms with Crippen LogP contribution in [0.3, 0.4) is 0 Å². The van der Waals surface area contributed by atoms with Crippen LogP contribution >= 0.6 is 0 Å². The smallest absolute Gasteiger partial charge is 0.307 e. The van der Waals surface area contributed by atoms with Gasteiger partial charge in [-0.15, -0.1) is 0 Å². The molecule has 2 aromatic carbocycles. The number of rotatable bonds is 2. The zero-order chi connectivity index (χ0) is 15.5. The van der Waals surface area contributed by atoms with Gasteiger partial charge < -0.3 is 10.6 Å². The Morgan fingerprint density at radius 1 is 0.905 bits per heavy atom. The Kier molecular flexibility index (Phi) is 4.16. The van der Waals surface area contributed by atoms with E-state index in [1.165, 1.54) is 18.2 Å². The monoisotopic (exact) mass is 294 g/mol. The van der Waals surface area contributed by atoms with Crippen molar-refractivity contribution in [3.8, 4) is 0 Å². The van der Waals surface area contributed by atoms with Crippen LogP contribution in [0.1, 0.15) is 11.1 Å². The molecule has 3 nitrogen and oxygen atoms in total. The Hall–Kier alpha value is -2.50. The molecule has 0 unspecified atom stereocenters. The number of carbonyl (C=O) groups excluding carboxylic acids is 1. The largest absolute Gasteiger partial charge is 0.418 e. The minimum atomic E-state index is -4.52. The van der Waals surface area contributed by atoms with E-state index in [2.05, 4.69) is 10.6 Å². The second-order valence-electron chi connectivity index (χ2n) is 4.44. The second kappa shape index (κ2) is 5.87. The Morgan fingerprint density at radius 2 is 1.43 bits per heavy atom. The predicted octanol–water partition coefficient (Wildman–Crippen LogP) is 4.66. The number of urea groups is 1. The summed E-state index contributed by atoms with van der Waals surface area (Å²) in [7, 11) is 0. The fourth-order valence-electron chi connectivity index (χ4n) is 1.83. The predicted molar refractivity (Wildman–Crippen MR) is 75.3 cm³/mol. The standard InChI is InChI=1S/C15H13F3N2O/c1-10-6-2-4-8-12(10)19-14(21)20-13-9-5-3-7-11(13)15(16,17)18/h2-9H,1H3,(H2,19,20,21). The number of nitrogens with one attached hydrogen (secondary N) is 2. The van der Waals surface area contributed by atoms with Gasteiger partial charge in [-0.1, -0.05) is 30.3 Å². The topological polar surface area (TPSA) is 41.1 Å². The highest BCUT2D eigenvalue weighted by Crippen LogP contribution is 2.34. The lowest BCUT2D eigenvalue weighted by Gasteiger charge is -2.14. The van der Waals surface area contributed by atoms with Crippen molar-refractivity contribution in [2.24, 2.45) is 0 Å². The minimum absolute atomic E-state index is 0.281. The van der Waals surface area contributed by atoms with Crippen LogP contribution in [0.15, 0.2) is 48.5 Å². The second-order valence-corrected chi connectivity index (χ2v) is 4.44. The summed E-state index contributed by atoms with van der Waals surface area (Å²) >= 11 is 0. The minimum Gasteiger partial charge on any atom is -0.307 e. The lowest BCUT2D eigenvalue weighted by molar-refractivity contribution is -0.136. The summed E-state index contributed by atoms with van der Waals surface area (Å²) in [5.74, 6) is 0. The number of anilines is 2. The van der Waals surface area contributed by atoms with Crippen LogP contribution in [0.4, 0.5) is 29.3 Å². The molecule has 2 N–H and O–H groups in total. The molecule has 0 saturated carbocycles. The van der Waals surface area contributed by atoms with Crippen molar-refractivity contribution >= 4 is 17.4 Å². The summed E-state index contributed by atoms with van der Waals surface area (Å²) in [6.45, 7) is 1.79. The highest BCUT2D eigenvalue weighted by atomic mass is 19.4. The van der Waals surface area contributed by atoms with Crippen LogP contribution in [-0.2, 0) is 6.18 Å². The quantitative estimate of drug-likeness (QED) is 0.831. The van der Waals surface area contributed by atoms with Gasteiger partial charge in [-0.05, 0) is 30.7 Å². The van der Waals surface area contributed by atoms with E-state index in [1.54, 1.807) is 31.2 Å². The molecule has 0 radical (unpaired) electrons. The van der Waals surface area contributed by atoms with Crippen molar-refractivity contribution < 1.29 is 18.0 Å². The van der Waals surface area contributed by atoms with Gasteiger partial charge in [-0.25, -0.2) is 4.79 Å². The van der Waals surface area contributed by atoms with Gasteiger partial charge in [0.05, 0.1) is 11.3 Å². The molecule has 0 fully saturated rings. The van der Waals surface area contributed by atoms with Crippen LogP contribution in [0.25, 0.3) is 0 Å². The van der Waals surface area contributed by atoms with E-state index in [-0.39, 0.29) is 5.69 Å². The van der Waals surface area contributed by atoms with Gasteiger partial charge in [0, 0.05) is 5.69 Å². The molecule has 2 rings (SSSR count). The van der Waals surface area contributed by atoms with Gasteiger partial charge in [-0.3, -0.25) is 0 Å². The summed E-state index contributed by atoms with van der Waals surface area (Å²) in [5, 5.41) is 4.74. The van der Waals surface area contributed by atoms with Crippen LogP contribution in [0, 0.1) is 6.92 Å². The molecule has 0 aliphatic heterocycles. The first-order chi connectivity index (χ1) is 9.88. The zero-order valence-corrected chi connectivity index (χ0v) is 11.2. The van der Waals surface area contributed by atoms with E-state index in [4.69, 9.17) is 0 Å². The Balaban J connectivity index is 2.16. The summed E-state index contributed by atoms with van der Waals surface area (Å²) < 4.78 is 38.5. The molecule has 0 heterocycles. The summed E-state index contributed by atoms with van der Waals surface area (Å²) in [6, 6.07) is 11.1. The highest BCUT2D eigenvalue weighted by molar-refractivity contribution is 6.00. The van der Waals surface area contributed by atoms with E-state index in [0.717, 1.165) is 11.6 Å². The van der Waals surface area contributed by atoms with Crippen molar-refractivity contribution in [1.29, 1.82) is 0 Å². The van der Waals surface area contributed by atoms with E-state index < -0.39 is 17.8 Å². The third-order valence-corrected chi connectivity index (χ3v) is 2.87. The maximum Gasteiger partial charge on any atom is 0.418 e. The van der Waals surface area contributed by atoms with Crippen molar-refractivity contribution in [2.45, 2.75) is 13.1 Å². The molecular weight excluding hydrogens is 281 g/mol. The normalized spacial score (nSPS) is 11.0. The summed E-state index contributed by atoms with van der Waals surface area (Å²) in [6.07, 6.45) is -4.52. The fraction of sp³-hybridized carbons (Fsp3) is 0.133. The third-order valence-electron chi connectivity index (χ3n) is 2.87. The Labute approximate surface area is 119 Å². The molecule has 0 spiro atoms. The lowest BCUT2D eigenvalue weighted by Crippen LogP contribution is -2.22. The molecule has 0 aliphatic rings. The number of aryl methyl sites for hydroxylation is 1. The number of amides is 2. The van der Waals surface area contributed by atoms with Crippen LogP contribution in [0.5, 0.6) is 0 Å². The van der Waals surface area contributed by atoms with Crippen LogP contribution < -0.4 is 10.6 Å². The average Bonchev–Trinajstić information content (AvgIpc) is 2.41. The molecule has 2 aromatic rings. The van der Waals surface area contributed by atoms with Gasteiger partial charge in [0.2, 0.25) is 0 Å². The van der Waals surface area contributed by atoms with Gasteiger partial charge in [0.25, 0.3) is 0 Å². The molecule has 0 aliphatic carbocycles. The number of halogens is 3. The first kappa shape index (κ1) is 14.9. The zero-order valence-electron chi connectivity index (χ0n) is 11.2. The maximum absolute atomic E-state index is 12.8. The molecule has 0 atom stereocenters. The van der Waals surface area contributed by atoms with Crippen LogP contribution in [0.2, 0.25) is 0 Å². The van der Waals surface area contributed by atoms with Crippen molar-refractivity contribution in [3.05, 3.63) is 59.7 Å².